The molecule has 2 heterocycles. The smallest absolute Gasteiger partial charge is 0.279 e. The second-order valence-electron chi connectivity index (χ2n) is 7.33. The van der Waals surface area contributed by atoms with Crippen molar-refractivity contribution in [3.05, 3.63) is 46.8 Å². The minimum atomic E-state index is -3.52. The van der Waals surface area contributed by atoms with E-state index in [9.17, 15) is 13.2 Å². The molecule has 8 nitrogen and oxygen atoms in total. The summed E-state index contributed by atoms with van der Waals surface area (Å²) < 4.78 is 40.6. The molecule has 0 spiro atoms. The van der Waals surface area contributed by atoms with Crippen LogP contribution in [0, 0.1) is 0 Å². The van der Waals surface area contributed by atoms with Gasteiger partial charge < -0.3 is 14.0 Å². The van der Waals surface area contributed by atoms with Gasteiger partial charge in [0.2, 0.25) is 10.0 Å². The van der Waals surface area contributed by atoms with Crippen LogP contribution in [0.3, 0.4) is 0 Å². The highest BCUT2D eigenvalue weighted by Gasteiger charge is 2.27. The molecule has 0 radical (unpaired) electrons. The fourth-order valence-electron chi connectivity index (χ4n) is 3.83. The van der Waals surface area contributed by atoms with Crippen LogP contribution in [0.15, 0.2) is 46.3 Å². The number of hydrogen-bond acceptors (Lipinski definition) is 6. The standard InChI is InChI=1S/C22H25N3O5S2/c1-4-25-19-17(29-2)11-12-18(30-3)20(19)31-22(25)23-21(26)15-7-9-16(10-8-15)32(27,28)24-13-5-6-14-24/h7-12H,4-6,13-14H2,1-3H3. The van der Waals surface area contributed by atoms with Crippen molar-refractivity contribution in [3.8, 4) is 11.5 Å². The quantitative estimate of drug-likeness (QED) is 0.546. The fourth-order valence-corrected chi connectivity index (χ4v) is 6.55. The molecule has 0 aliphatic carbocycles. The molecule has 0 bridgehead atoms. The number of methoxy groups -OCH3 is 2. The van der Waals surface area contributed by atoms with E-state index in [1.54, 1.807) is 14.2 Å². The Bertz CT molecular complexity index is 1320. The Morgan fingerprint density at radius 2 is 1.66 bits per heavy atom. The highest BCUT2D eigenvalue weighted by atomic mass is 32.2. The third kappa shape index (κ3) is 3.94. The third-order valence-electron chi connectivity index (χ3n) is 5.51. The van der Waals surface area contributed by atoms with Gasteiger partial charge in [-0.2, -0.15) is 9.30 Å². The Morgan fingerprint density at radius 3 is 2.25 bits per heavy atom. The maximum absolute atomic E-state index is 12.9. The van der Waals surface area contributed by atoms with Crippen LogP contribution in [-0.4, -0.2) is 50.5 Å². The summed E-state index contributed by atoms with van der Waals surface area (Å²) in [6, 6.07) is 9.62. The van der Waals surface area contributed by atoms with E-state index in [4.69, 9.17) is 9.47 Å². The molecule has 32 heavy (non-hydrogen) atoms. The first-order valence-corrected chi connectivity index (χ1v) is 12.6. The topological polar surface area (TPSA) is 90.2 Å². The molecule has 0 atom stereocenters. The Balaban J connectivity index is 1.72. The maximum Gasteiger partial charge on any atom is 0.279 e. The molecule has 1 saturated heterocycles. The van der Waals surface area contributed by atoms with Crippen molar-refractivity contribution < 1.29 is 22.7 Å². The van der Waals surface area contributed by atoms with Gasteiger partial charge in [0.1, 0.15) is 21.7 Å². The van der Waals surface area contributed by atoms with Crippen molar-refractivity contribution in [1.82, 2.24) is 8.87 Å². The Labute approximate surface area is 190 Å². The second-order valence-corrected chi connectivity index (χ2v) is 10.2. The summed E-state index contributed by atoms with van der Waals surface area (Å²) in [6.07, 6.45) is 1.74. The van der Waals surface area contributed by atoms with Crippen LogP contribution in [0.5, 0.6) is 11.5 Å². The number of aryl methyl sites for hydroxylation is 1. The largest absolute Gasteiger partial charge is 0.495 e. The summed E-state index contributed by atoms with van der Waals surface area (Å²) in [5.74, 6) is 0.907. The third-order valence-corrected chi connectivity index (χ3v) is 8.52. The van der Waals surface area contributed by atoms with Gasteiger partial charge in [-0.15, -0.1) is 0 Å². The van der Waals surface area contributed by atoms with Gasteiger partial charge in [-0.05, 0) is 56.2 Å². The number of carbonyl (C=O) groups excluding carboxylic acids is 1. The summed E-state index contributed by atoms with van der Waals surface area (Å²) in [7, 11) is -0.332. The average Bonchev–Trinajstić information content (AvgIpc) is 3.47. The lowest BCUT2D eigenvalue weighted by atomic mass is 10.2. The molecular formula is C22H25N3O5S2. The van der Waals surface area contributed by atoms with E-state index < -0.39 is 15.9 Å². The van der Waals surface area contributed by atoms with Crippen LogP contribution in [0.2, 0.25) is 0 Å². The highest BCUT2D eigenvalue weighted by molar-refractivity contribution is 7.89. The van der Waals surface area contributed by atoms with E-state index >= 15 is 0 Å². The Morgan fingerprint density at radius 1 is 1.03 bits per heavy atom. The second kappa shape index (κ2) is 9.05. The van der Waals surface area contributed by atoms with Gasteiger partial charge in [0.25, 0.3) is 5.91 Å². The van der Waals surface area contributed by atoms with Crippen molar-refractivity contribution >= 4 is 37.5 Å². The van der Waals surface area contributed by atoms with Crippen molar-refractivity contribution in [2.24, 2.45) is 4.99 Å². The van der Waals surface area contributed by atoms with E-state index in [1.165, 1.54) is 39.9 Å². The van der Waals surface area contributed by atoms with Crippen LogP contribution in [0.4, 0.5) is 0 Å². The van der Waals surface area contributed by atoms with Gasteiger partial charge >= 0.3 is 0 Å². The van der Waals surface area contributed by atoms with E-state index in [-0.39, 0.29) is 4.90 Å². The first-order valence-electron chi connectivity index (χ1n) is 10.3. The molecule has 10 heteroatoms. The molecule has 170 valence electrons. The fraction of sp³-hybridized carbons (Fsp3) is 0.364. The van der Waals surface area contributed by atoms with Crippen LogP contribution in [-0.2, 0) is 16.6 Å². The summed E-state index contributed by atoms with van der Waals surface area (Å²) in [4.78, 5) is 17.9. The van der Waals surface area contributed by atoms with Gasteiger partial charge in [0.05, 0.1) is 19.1 Å². The summed E-state index contributed by atoms with van der Waals surface area (Å²) in [5, 5.41) is 0. The zero-order valence-corrected chi connectivity index (χ0v) is 19.8. The van der Waals surface area contributed by atoms with Gasteiger partial charge in [-0.1, -0.05) is 11.3 Å². The predicted octanol–water partition coefficient (Wildman–Crippen LogP) is 3.27. The number of hydrogen-bond donors (Lipinski definition) is 0. The number of nitrogens with zero attached hydrogens (tertiary/aromatic N) is 3. The van der Waals surface area contributed by atoms with Crippen molar-refractivity contribution in [1.29, 1.82) is 0 Å². The molecule has 1 aromatic heterocycles. The van der Waals surface area contributed by atoms with Crippen molar-refractivity contribution in [2.45, 2.75) is 31.2 Å². The van der Waals surface area contributed by atoms with Gasteiger partial charge in [0, 0.05) is 25.2 Å². The lowest BCUT2D eigenvalue weighted by Crippen LogP contribution is -2.27. The van der Waals surface area contributed by atoms with E-state index in [0.29, 0.717) is 41.5 Å². The predicted molar refractivity (Wildman–Crippen MR) is 123 cm³/mol. The van der Waals surface area contributed by atoms with E-state index in [2.05, 4.69) is 4.99 Å². The molecule has 2 aromatic carbocycles. The number of thiazole rings is 1. The number of rotatable bonds is 6. The van der Waals surface area contributed by atoms with E-state index in [0.717, 1.165) is 23.1 Å². The zero-order chi connectivity index (χ0) is 22.9. The molecule has 3 aromatic rings. The van der Waals surface area contributed by atoms with Gasteiger partial charge in [0.15, 0.2) is 4.80 Å². The first-order chi connectivity index (χ1) is 15.4. The van der Waals surface area contributed by atoms with Gasteiger partial charge in [-0.25, -0.2) is 8.42 Å². The molecule has 1 fully saturated rings. The molecule has 1 aliphatic heterocycles. The number of benzene rings is 2. The minimum absolute atomic E-state index is 0.191. The lowest BCUT2D eigenvalue weighted by Gasteiger charge is -2.15. The highest BCUT2D eigenvalue weighted by Crippen LogP contribution is 2.35. The molecule has 1 amide bonds. The molecule has 1 aliphatic rings. The van der Waals surface area contributed by atoms with Crippen LogP contribution in [0.25, 0.3) is 10.2 Å². The number of carbonyl (C=O) groups is 1. The van der Waals surface area contributed by atoms with Gasteiger partial charge in [-0.3, -0.25) is 4.79 Å². The zero-order valence-electron chi connectivity index (χ0n) is 18.2. The van der Waals surface area contributed by atoms with E-state index in [1.807, 2.05) is 23.6 Å². The molecule has 4 rings (SSSR count). The minimum Gasteiger partial charge on any atom is -0.495 e. The maximum atomic E-state index is 12.9. The number of sulfonamides is 1. The average molecular weight is 476 g/mol. The summed E-state index contributed by atoms with van der Waals surface area (Å²) in [6.45, 7) is 3.62. The lowest BCUT2D eigenvalue weighted by molar-refractivity contribution is 0.0997. The van der Waals surface area contributed by atoms with Crippen LogP contribution < -0.4 is 14.3 Å². The molecular weight excluding hydrogens is 450 g/mol. The van der Waals surface area contributed by atoms with Crippen LogP contribution >= 0.6 is 11.3 Å². The normalized spacial score (nSPS) is 15.4. The van der Waals surface area contributed by atoms with Crippen molar-refractivity contribution in [3.63, 3.8) is 0 Å². The summed E-state index contributed by atoms with van der Waals surface area (Å²) in [5.41, 5.74) is 1.14. The number of aromatic nitrogens is 1. The Kier molecular flexibility index (Phi) is 6.36. The molecule has 0 N–H and O–H groups in total. The number of fused-ring (bicyclic) bond motifs is 1. The Hall–Kier alpha value is -2.69. The number of ether oxygens (including phenoxy) is 2. The summed E-state index contributed by atoms with van der Waals surface area (Å²) >= 11 is 1.34. The first kappa shape index (κ1) is 22.5. The molecule has 0 unspecified atom stereocenters. The van der Waals surface area contributed by atoms with Crippen molar-refractivity contribution in [2.75, 3.05) is 27.3 Å². The monoisotopic (exact) mass is 475 g/mol. The molecule has 0 saturated carbocycles. The SMILES string of the molecule is CCn1c(=NC(=O)c2ccc(S(=O)(=O)N3CCCC3)cc2)sc2c(OC)ccc(OC)c21. The van der Waals surface area contributed by atoms with Crippen LogP contribution in [0.1, 0.15) is 30.1 Å². The number of amides is 1.